The van der Waals surface area contributed by atoms with Gasteiger partial charge in [0.05, 0.1) is 13.0 Å². The monoisotopic (exact) mass is 538 g/mol. The molecule has 1 nitrogen and oxygen atoms in total. The van der Waals surface area contributed by atoms with Gasteiger partial charge in [-0.15, -0.1) is 13.2 Å². The third-order valence-corrected chi connectivity index (χ3v) is 9.10. The van der Waals surface area contributed by atoms with Crippen LogP contribution in [-0.2, 0) is 17.8 Å². The normalized spacial score (nSPS) is 23.9. The van der Waals surface area contributed by atoms with E-state index in [1.54, 1.807) is 18.2 Å². The maximum absolute atomic E-state index is 14.8. The lowest BCUT2D eigenvalue weighted by Crippen LogP contribution is -2.24. The van der Waals surface area contributed by atoms with Crippen molar-refractivity contribution < 1.29 is 17.9 Å². The smallest absolute Gasteiger partial charge is 0.315 e. The van der Waals surface area contributed by atoms with Gasteiger partial charge in [0.15, 0.2) is 0 Å². The first-order valence-corrected chi connectivity index (χ1v) is 15.0. The van der Waals surface area contributed by atoms with Crippen molar-refractivity contribution in [3.8, 4) is 0 Å². The number of allylic oxidation sites excluding steroid dienone is 2. The number of hydrogen-bond donors (Lipinski definition) is 0. The van der Waals surface area contributed by atoms with Crippen molar-refractivity contribution in [3.05, 3.63) is 95.8 Å². The lowest BCUT2D eigenvalue weighted by atomic mass is 9.77. The summed E-state index contributed by atoms with van der Waals surface area (Å²) < 4.78 is 49.1. The highest BCUT2D eigenvalue weighted by atomic mass is 19.3. The summed E-state index contributed by atoms with van der Waals surface area (Å²) in [6, 6.07) is 12.6. The minimum absolute atomic E-state index is 0.178. The molecule has 2 saturated carbocycles. The van der Waals surface area contributed by atoms with Gasteiger partial charge in [-0.05, 0) is 123 Å². The third kappa shape index (κ3) is 8.83. The van der Waals surface area contributed by atoms with Crippen LogP contribution in [0.5, 0.6) is 0 Å². The molecule has 212 valence electrons. The zero-order valence-electron chi connectivity index (χ0n) is 23.4. The van der Waals surface area contributed by atoms with Crippen molar-refractivity contribution in [2.75, 3.05) is 0 Å². The molecule has 0 saturated heterocycles. The Kier molecular flexibility index (Phi) is 10.9. The van der Waals surface area contributed by atoms with Gasteiger partial charge in [-0.1, -0.05) is 48.6 Å². The molecule has 0 bridgehead atoms. The second kappa shape index (κ2) is 14.3. The second-order valence-corrected chi connectivity index (χ2v) is 11.9. The van der Waals surface area contributed by atoms with Crippen LogP contribution in [0, 0.1) is 17.7 Å². The molecule has 2 aliphatic carbocycles. The van der Waals surface area contributed by atoms with E-state index < -0.39 is 25.0 Å². The standard InChI is InChI=1S/C35H45F3O/c1-3-5-7-26-9-15-29(16-10-26)30-19-13-28(14-20-30)24-35(37,38)39-25-33-22-21-32(23-34(33)36)31-17-11-27(12-18-31)8-6-4-2/h3-4,13-14,19-23,26-27,29,31H,1-2,5-12,15-18,24-25H2. The quantitative estimate of drug-likeness (QED) is 0.231. The molecule has 0 aromatic heterocycles. The molecule has 4 heteroatoms. The van der Waals surface area contributed by atoms with Crippen molar-refractivity contribution in [2.24, 2.45) is 11.8 Å². The van der Waals surface area contributed by atoms with Gasteiger partial charge in [0, 0.05) is 5.56 Å². The van der Waals surface area contributed by atoms with Crippen LogP contribution >= 0.6 is 0 Å². The first kappa shape index (κ1) is 29.6. The average Bonchev–Trinajstić information content (AvgIpc) is 2.95. The molecule has 4 rings (SSSR count). The summed E-state index contributed by atoms with van der Waals surface area (Å²) in [5.41, 5.74) is 2.91. The van der Waals surface area contributed by atoms with Crippen molar-refractivity contribution >= 4 is 0 Å². The van der Waals surface area contributed by atoms with E-state index in [-0.39, 0.29) is 5.56 Å². The molecular formula is C35H45F3O. The van der Waals surface area contributed by atoms with Gasteiger partial charge in [-0.2, -0.15) is 8.78 Å². The highest BCUT2D eigenvalue weighted by Gasteiger charge is 2.31. The van der Waals surface area contributed by atoms with Crippen LogP contribution in [-0.4, -0.2) is 6.11 Å². The molecule has 0 amide bonds. The minimum atomic E-state index is -3.36. The van der Waals surface area contributed by atoms with Gasteiger partial charge >= 0.3 is 6.11 Å². The molecule has 0 spiro atoms. The van der Waals surface area contributed by atoms with E-state index in [9.17, 15) is 13.2 Å². The Hall–Kier alpha value is -2.33. The Labute approximate surface area is 233 Å². The maximum atomic E-state index is 14.8. The number of rotatable bonds is 13. The fraction of sp³-hybridized carbons (Fsp3) is 0.543. The van der Waals surface area contributed by atoms with Crippen LogP contribution in [0.15, 0.2) is 67.8 Å². The molecule has 39 heavy (non-hydrogen) atoms. The Morgan fingerprint density at radius 3 is 1.77 bits per heavy atom. The number of hydrogen-bond acceptors (Lipinski definition) is 1. The Morgan fingerprint density at radius 2 is 1.26 bits per heavy atom. The predicted molar refractivity (Wildman–Crippen MR) is 155 cm³/mol. The lowest BCUT2D eigenvalue weighted by Gasteiger charge is -2.29. The Balaban J connectivity index is 1.24. The Morgan fingerprint density at radius 1 is 0.744 bits per heavy atom. The van der Waals surface area contributed by atoms with E-state index in [0.29, 0.717) is 17.4 Å². The van der Waals surface area contributed by atoms with Gasteiger partial charge in [0.25, 0.3) is 0 Å². The van der Waals surface area contributed by atoms with Gasteiger partial charge in [0.2, 0.25) is 0 Å². The highest BCUT2D eigenvalue weighted by molar-refractivity contribution is 5.28. The molecule has 0 unspecified atom stereocenters. The number of alkyl halides is 2. The minimum Gasteiger partial charge on any atom is -0.315 e. The van der Waals surface area contributed by atoms with Crippen LogP contribution in [0.3, 0.4) is 0 Å². The molecule has 2 aromatic rings. The van der Waals surface area contributed by atoms with Crippen LogP contribution in [0.25, 0.3) is 0 Å². The van der Waals surface area contributed by atoms with Crippen molar-refractivity contribution in [1.29, 1.82) is 0 Å². The molecule has 0 atom stereocenters. The summed E-state index contributed by atoms with van der Waals surface area (Å²) in [5, 5.41) is 0. The van der Waals surface area contributed by atoms with E-state index in [1.165, 1.54) is 37.3 Å². The third-order valence-electron chi connectivity index (χ3n) is 9.10. The predicted octanol–water partition coefficient (Wildman–Crippen LogP) is 10.7. The number of halogens is 3. The van der Waals surface area contributed by atoms with E-state index in [1.807, 2.05) is 30.4 Å². The zero-order valence-corrected chi connectivity index (χ0v) is 23.4. The SMILES string of the molecule is C=CCCC1CCC(c2ccc(CC(F)(F)OCc3ccc(C4CCC(CCC=C)CC4)cc3F)cc2)CC1. The Bertz CT molecular complexity index is 1040. The second-order valence-electron chi connectivity index (χ2n) is 11.9. The van der Waals surface area contributed by atoms with Crippen LogP contribution in [0.2, 0.25) is 0 Å². The van der Waals surface area contributed by atoms with Crippen LogP contribution in [0.1, 0.15) is 111 Å². The van der Waals surface area contributed by atoms with Crippen LogP contribution in [0.4, 0.5) is 13.2 Å². The molecule has 0 heterocycles. The highest BCUT2D eigenvalue weighted by Crippen LogP contribution is 2.39. The van der Waals surface area contributed by atoms with Crippen LogP contribution < -0.4 is 0 Å². The van der Waals surface area contributed by atoms with Crippen molar-refractivity contribution in [1.82, 2.24) is 0 Å². The van der Waals surface area contributed by atoms with Gasteiger partial charge in [-0.25, -0.2) is 4.39 Å². The lowest BCUT2D eigenvalue weighted by molar-refractivity contribution is -0.244. The summed E-state index contributed by atoms with van der Waals surface area (Å²) in [6.45, 7) is 7.18. The first-order chi connectivity index (χ1) is 18.9. The van der Waals surface area contributed by atoms with Gasteiger partial charge < -0.3 is 4.74 Å². The summed E-state index contributed by atoms with van der Waals surface area (Å²) in [6.07, 6.45) is 13.8. The first-order valence-electron chi connectivity index (χ1n) is 15.0. The van der Waals surface area contributed by atoms with Crippen molar-refractivity contribution in [3.63, 3.8) is 0 Å². The van der Waals surface area contributed by atoms with E-state index in [0.717, 1.165) is 68.8 Å². The maximum Gasteiger partial charge on any atom is 0.360 e. The van der Waals surface area contributed by atoms with Crippen molar-refractivity contribution in [2.45, 2.75) is 108 Å². The molecule has 0 aliphatic heterocycles. The molecule has 0 N–H and O–H groups in total. The fourth-order valence-corrected chi connectivity index (χ4v) is 6.59. The molecule has 2 fully saturated rings. The largest absolute Gasteiger partial charge is 0.360 e. The van der Waals surface area contributed by atoms with E-state index in [2.05, 4.69) is 13.2 Å². The molecule has 2 aromatic carbocycles. The van der Waals surface area contributed by atoms with Gasteiger partial charge in [-0.3, -0.25) is 0 Å². The average molecular weight is 539 g/mol. The summed E-state index contributed by atoms with van der Waals surface area (Å²) in [5.74, 6) is 1.89. The fourth-order valence-electron chi connectivity index (χ4n) is 6.59. The number of ether oxygens (including phenoxy) is 1. The summed E-state index contributed by atoms with van der Waals surface area (Å²) in [4.78, 5) is 0. The number of benzene rings is 2. The summed E-state index contributed by atoms with van der Waals surface area (Å²) in [7, 11) is 0. The molecule has 0 radical (unpaired) electrons. The topological polar surface area (TPSA) is 9.23 Å². The van der Waals surface area contributed by atoms with E-state index >= 15 is 0 Å². The van der Waals surface area contributed by atoms with Gasteiger partial charge in [0.1, 0.15) is 5.82 Å². The summed E-state index contributed by atoms with van der Waals surface area (Å²) >= 11 is 0. The molecule has 2 aliphatic rings. The molecular weight excluding hydrogens is 493 g/mol. The zero-order chi connectivity index (χ0) is 27.7. The van der Waals surface area contributed by atoms with E-state index in [4.69, 9.17) is 4.74 Å².